The van der Waals surface area contributed by atoms with Crippen molar-refractivity contribution < 1.29 is 13.9 Å². The highest BCUT2D eigenvalue weighted by Gasteiger charge is 2.20. The molecular formula is C27H23FN2O2. The van der Waals surface area contributed by atoms with Crippen molar-refractivity contribution in [3.8, 4) is 11.5 Å². The Morgan fingerprint density at radius 3 is 2.03 bits per heavy atom. The number of amidine groups is 2. The zero-order valence-corrected chi connectivity index (χ0v) is 17.6. The first-order valence-corrected chi connectivity index (χ1v) is 10.8. The molecule has 0 radical (unpaired) electrons. The third kappa shape index (κ3) is 4.62. The van der Waals surface area contributed by atoms with Gasteiger partial charge in [0.15, 0.2) is 11.7 Å². The predicted octanol–water partition coefficient (Wildman–Crippen LogP) is 6.26. The van der Waals surface area contributed by atoms with Gasteiger partial charge in [0.25, 0.3) is 0 Å². The number of rotatable bonds is 7. The molecule has 5 heteroatoms. The number of aliphatic imine (C=N–C) groups is 2. The fourth-order valence-electron chi connectivity index (χ4n) is 3.68. The number of ether oxygens (including phenoxy) is 2. The third-order valence-corrected chi connectivity index (χ3v) is 5.49. The molecule has 1 aliphatic heterocycles. The quantitative estimate of drug-likeness (QED) is 0.448. The molecule has 0 spiro atoms. The van der Waals surface area contributed by atoms with Gasteiger partial charge >= 0.3 is 0 Å². The van der Waals surface area contributed by atoms with Gasteiger partial charge in [-0.3, -0.25) is 0 Å². The van der Waals surface area contributed by atoms with Gasteiger partial charge in [-0.25, -0.2) is 14.4 Å². The summed E-state index contributed by atoms with van der Waals surface area (Å²) in [5.41, 5.74) is 2.98. The fourth-order valence-corrected chi connectivity index (χ4v) is 3.68. The molecule has 1 heterocycles. The van der Waals surface area contributed by atoms with E-state index in [0.29, 0.717) is 30.4 Å². The van der Waals surface area contributed by atoms with Crippen molar-refractivity contribution in [3.05, 3.63) is 107 Å². The van der Waals surface area contributed by atoms with Gasteiger partial charge in [-0.1, -0.05) is 30.3 Å². The Morgan fingerprint density at radius 1 is 0.781 bits per heavy atom. The van der Waals surface area contributed by atoms with Crippen LogP contribution in [-0.4, -0.2) is 17.8 Å². The van der Waals surface area contributed by atoms with Gasteiger partial charge in [-0.15, -0.1) is 0 Å². The molecule has 0 bridgehead atoms. The van der Waals surface area contributed by atoms with Crippen molar-refractivity contribution in [2.24, 2.45) is 9.98 Å². The summed E-state index contributed by atoms with van der Waals surface area (Å²) in [6.45, 7) is 0.535. The number of nitrogens with zero attached hydrogens (tertiary/aromatic N) is 2. The molecule has 0 saturated heterocycles. The Balaban J connectivity index is 1.16. The van der Waals surface area contributed by atoms with Gasteiger partial charge in [0.2, 0.25) is 0 Å². The van der Waals surface area contributed by atoms with E-state index in [1.165, 1.54) is 0 Å². The molecule has 5 rings (SSSR count). The molecule has 2 aliphatic rings. The lowest BCUT2D eigenvalue weighted by Crippen LogP contribution is -2.20. The monoisotopic (exact) mass is 426 g/mol. The minimum atomic E-state index is -0.472. The molecule has 0 fully saturated rings. The molecule has 0 amide bonds. The van der Waals surface area contributed by atoms with E-state index in [2.05, 4.69) is 9.98 Å². The summed E-state index contributed by atoms with van der Waals surface area (Å²) in [4.78, 5) is 9.12. The zero-order chi connectivity index (χ0) is 21.8. The summed E-state index contributed by atoms with van der Waals surface area (Å²) in [6.07, 6.45) is 3.59. The van der Waals surface area contributed by atoms with Crippen LogP contribution >= 0.6 is 0 Å². The predicted molar refractivity (Wildman–Crippen MR) is 124 cm³/mol. The van der Waals surface area contributed by atoms with E-state index in [4.69, 9.17) is 9.47 Å². The largest absolute Gasteiger partial charge is 0.489 e. The maximum atomic E-state index is 13.8. The van der Waals surface area contributed by atoms with E-state index < -0.39 is 6.10 Å². The molecule has 3 aromatic rings. The number of hydrogen-bond donors (Lipinski definition) is 0. The Hall–Kier alpha value is -3.73. The summed E-state index contributed by atoms with van der Waals surface area (Å²) in [5, 5.41) is 0. The third-order valence-electron chi connectivity index (χ3n) is 5.49. The van der Waals surface area contributed by atoms with Crippen LogP contribution in [-0.2, 0) is 6.61 Å². The van der Waals surface area contributed by atoms with E-state index in [0.717, 1.165) is 35.3 Å². The van der Waals surface area contributed by atoms with Crippen LogP contribution in [0.25, 0.3) is 0 Å². The molecule has 0 saturated carbocycles. The standard InChI is InChI=1S/C27H23FN2O2/c28-24-8-4-5-9-25(24)32-23-16-12-21(13-17-23)27-29-26(30-27)20-10-14-22(15-11-20)31-18-19-6-2-1-3-7-19/h1-3,6-8,10-17,25H,4-5,9,18H2. The van der Waals surface area contributed by atoms with Crippen LogP contribution in [0, 0.1) is 0 Å². The highest BCUT2D eigenvalue weighted by Crippen LogP contribution is 2.26. The molecule has 1 atom stereocenters. The average molecular weight is 426 g/mol. The van der Waals surface area contributed by atoms with Gasteiger partial charge < -0.3 is 9.47 Å². The van der Waals surface area contributed by atoms with Crippen molar-refractivity contribution in [2.75, 3.05) is 0 Å². The second-order valence-corrected chi connectivity index (χ2v) is 7.82. The van der Waals surface area contributed by atoms with E-state index in [1.807, 2.05) is 78.9 Å². The van der Waals surface area contributed by atoms with Gasteiger partial charge in [0.1, 0.15) is 30.0 Å². The molecule has 1 unspecified atom stereocenters. The van der Waals surface area contributed by atoms with Crippen molar-refractivity contribution in [1.82, 2.24) is 0 Å². The van der Waals surface area contributed by atoms with Crippen molar-refractivity contribution in [3.63, 3.8) is 0 Å². The van der Waals surface area contributed by atoms with Gasteiger partial charge in [0, 0.05) is 11.1 Å². The first-order valence-electron chi connectivity index (χ1n) is 10.8. The second-order valence-electron chi connectivity index (χ2n) is 7.82. The first kappa shape index (κ1) is 20.2. The van der Waals surface area contributed by atoms with Gasteiger partial charge in [-0.2, -0.15) is 0 Å². The van der Waals surface area contributed by atoms with E-state index in [1.54, 1.807) is 6.08 Å². The molecule has 160 valence electrons. The molecule has 0 N–H and O–H groups in total. The first-order chi connectivity index (χ1) is 15.7. The van der Waals surface area contributed by atoms with Gasteiger partial charge in [0.05, 0.1) is 0 Å². The Kier molecular flexibility index (Phi) is 5.79. The lowest BCUT2D eigenvalue weighted by atomic mass is 10.0. The zero-order valence-electron chi connectivity index (χ0n) is 17.6. The van der Waals surface area contributed by atoms with E-state index in [9.17, 15) is 4.39 Å². The van der Waals surface area contributed by atoms with Crippen LogP contribution in [0.1, 0.15) is 36.0 Å². The lowest BCUT2D eigenvalue weighted by Gasteiger charge is -2.21. The number of halogens is 1. The highest BCUT2D eigenvalue weighted by atomic mass is 19.1. The average Bonchev–Trinajstić information content (AvgIpc) is 2.81. The minimum absolute atomic E-state index is 0.172. The molecule has 0 aromatic heterocycles. The summed E-state index contributed by atoms with van der Waals surface area (Å²) in [6, 6.07) is 25.3. The van der Waals surface area contributed by atoms with Crippen molar-refractivity contribution in [1.29, 1.82) is 0 Å². The topological polar surface area (TPSA) is 43.2 Å². The summed E-state index contributed by atoms with van der Waals surface area (Å²) < 4.78 is 25.4. The second kappa shape index (κ2) is 9.18. The number of hydrogen-bond acceptors (Lipinski definition) is 4. The van der Waals surface area contributed by atoms with Crippen LogP contribution in [0.5, 0.6) is 11.5 Å². The number of allylic oxidation sites excluding steroid dienone is 1. The normalized spacial score (nSPS) is 17.5. The fraction of sp³-hybridized carbons (Fsp3) is 0.185. The Morgan fingerprint density at radius 2 is 1.41 bits per heavy atom. The summed E-state index contributed by atoms with van der Waals surface area (Å²) in [5.74, 6) is 2.67. The van der Waals surface area contributed by atoms with E-state index in [-0.39, 0.29) is 5.83 Å². The maximum absolute atomic E-state index is 13.8. The van der Waals surface area contributed by atoms with Crippen LogP contribution in [0.4, 0.5) is 4.39 Å². The molecule has 1 aliphatic carbocycles. The molecular weight excluding hydrogens is 403 g/mol. The SMILES string of the molecule is FC1=CCCCC1Oc1ccc(C2=NC(c3ccc(OCc4ccccc4)cc3)=N2)cc1. The summed E-state index contributed by atoms with van der Waals surface area (Å²) >= 11 is 0. The highest BCUT2D eigenvalue weighted by molar-refractivity contribution is 6.23. The summed E-state index contributed by atoms with van der Waals surface area (Å²) in [7, 11) is 0. The van der Waals surface area contributed by atoms with Crippen LogP contribution in [0.2, 0.25) is 0 Å². The van der Waals surface area contributed by atoms with Gasteiger partial charge in [-0.05, 0) is 79.4 Å². The van der Waals surface area contributed by atoms with Crippen LogP contribution < -0.4 is 9.47 Å². The maximum Gasteiger partial charge on any atom is 0.164 e. The molecule has 32 heavy (non-hydrogen) atoms. The van der Waals surface area contributed by atoms with E-state index >= 15 is 0 Å². The van der Waals surface area contributed by atoms with Crippen LogP contribution in [0.15, 0.2) is 101 Å². The lowest BCUT2D eigenvalue weighted by molar-refractivity contribution is 0.187. The molecule has 4 nitrogen and oxygen atoms in total. The Bertz CT molecular complexity index is 1170. The molecule has 3 aromatic carbocycles. The smallest absolute Gasteiger partial charge is 0.164 e. The minimum Gasteiger partial charge on any atom is -0.489 e. The van der Waals surface area contributed by atoms with Crippen molar-refractivity contribution in [2.45, 2.75) is 32.0 Å². The Labute approximate surface area is 186 Å². The van der Waals surface area contributed by atoms with Crippen molar-refractivity contribution >= 4 is 11.7 Å². The number of benzene rings is 3. The van der Waals surface area contributed by atoms with Crippen LogP contribution in [0.3, 0.4) is 0 Å².